The maximum absolute atomic E-state index is 13.4. The summed E-state index contributed by atoms with van der Waals surface area (Å²) in [5.74, 6) is -3.21. The van der Waals surface area contributed by atoms with E-state index < -0.39 is 40.8 Å². The number of amides is 2. The van der Waals surface area contributed by atoms with Crippen LogP contribution in [0.15, 0.2) is 39.4 Å². The molecule has 6 rings (SSSR count). The van der Waals surface area contributed by atoms with Crippen molar-refractivity contribution in [2.45, 2.75) is 47.9 Å². The van der Waals surface area contributed by atoms with Crippen LogP contribution in [-0.2, 0) is 31.1 Å². The zero-order chi connectivity index (χ0) is 32.0. The lowest BCUT2D eigenvalue weighted by Gasteiger charge is -2.49. The zero-order valence-electron chi connectivity index (χ0n) is 23.6. The summed E-state index contributed by atoms with van der Waals surface area (Å²) in [6.07, 6.45) is 3.29. The molecule has 236 valence electrons. The molecule has 2 aliphatic heterocycles. The van der Waals surface area contributed by atoms with E-state index in [0.717, 1.165) is 16.2 Å². The molecule has 3 aromatic rings. The molecule has 1 unspecified atom stereocenters. The molecule has 0 aromatic carbocycles. The van der Waals surface area contributed by atoms with Gasteiger partial charge in [0.15, 0.2) is 10.8 Å². The quantitative estimate of drug-likeness (QED) is 0.0468. The molecule has 17 nitrogen and oxygen atoms in total. The normalized spacial score (nSPS) is 21.0. The number of thioether (sulfide) groups is 2. The van der Waals surface area contributed by atoms with Crippen LogP contribution in [0, 0.1) is 0 Å². The monoisotopic (exact) mass is 675 g/mol. The highest BCUT2D eigenvalue weighted by Gasteiger charge is 2.54. The number of nitrogens with zero attached hydrogens (tertiary/aromatic N) is 7. The number of oxime groups is 1. The van der Waals surface area contributed by atoms with Crippen molar-refractivity contribution in [3.8, 4) is 0 Å². The van der Waals surface area contributed by atoms with Gasteiger partial charge in [0.05, 0.1) is 13.1 Å². The Morgan fingerprint density at radius 1 is 1.27 bits per heavy atom. The lowest BCUT2D eigenvalue weighted by molar-refractivity contribution is -0.646. The number of aryl methyl sites for hydroxylation is 1. The van der Waals surface area contributed by atoms with Crippen LogP contribution >= 0.6 is 34.9 Å². The molecular weight excluding hydrogens is 649 g/mol. The molecule has 0 radical (unpaired) electrons. The van der Waals surface area contributed by atoms with E-state index in [2.05, 4.69) is 25.5 Å². The van der Waals surface area contributed by atoms with Crippen LogP contribution in [-0.4, -0.2) is 92.7 Å². The fourth-order valence-electron chi connectivity index (χ4n) is 5.30. The van der Waals surface area contributed by atoms with Gasteiger partial charge in [-0.1, -0.05) is 16.9 Å². The van der Waals surface area contributed by atoms with Gasteiger partial charge in [0.1, 0.15) is 28.6 Å². The lowest BCUT2D eigenvalue weighted by atomic mass is 10.0. The second-order valence-electron chi connectivity index (χ2n) is 10.5. The third kappa shape index (κ3) is 5.52. The van der Waals surface area contributed by atoms with Crippen LogP contribution in [0.2, 0.25) is 0 Å². The molecule has 5 heterocycles. The number of carbonyl (C=O) groups is 4. The van der Waals surface area contributed by atoms with Crippen molar-refractivity contribution in [1.82, 2.24) is 29.8 Å². The average Bonchev–Trinajstić information content (AvgIpc) is 3.75. The first-order valence-corrected chi connectivity index (χ1v) is 16.4. The van der Waals surface area contributed by atoms with Crippen molar-refractivity contribution < 1.29 is 38.8 Å². The number of fused-ring (bicyclic) bond motifs is 2. The third-order valence-electron chi connectivity index (χ3n) is 7.61. The van der Waals surface area contributed by atoms with Crippen LogP contribution in [0.25, 0.3) is 5.65 Å². The summed E-state index contributed by atoms with van der Waals surface area (Å²) in [5, 5.41) is 32.0. The fourth-order valence-corrected chi connectivity index (χ4v) is 8.30. The van der Waals surface area contributed by atoms with Crippen LogP contribution in [0.5, 0.6) is 0 Å². The maximum atomic E-state index is 13.4. The highest BCUT2D eigenvalue weighted by molar-refractivity contribution is 8.01. The third-order valence-corrected chi connectivity index (χ3v) is 10.6. The summed E-state index contributed by atoms with van der Waals surface area (Å²) < 4.78 is 3.35. The van der Waals surface area contributed by atoms with E-state index in [1.54, 1.807) is 28.5 Å². The number of nitrogens with two attached hydrogens (primary N) is 2. The molecule has 20 heteroatoms. The largest absolute Gasteiger partial charge is 0.478 e. The Morgan fingerprint density at radius 2 is 2.02 bits per heavy atom. The number of carboxylic acid groups (broad SMARTS) is 2. The minimum Gasteiger partial charge on any atom is -0.478 e. The number of anilines is 2. The number of aliphatic carboxylic acids is 2. The highest BCUT2D eigenvalue weighted by Crippen LogP contribution is 2.41. The molecule has 0 bridgehead atoms. The molecule has 2 fully saturated rings. The van der Waals surface area contributed by atoms with Crippen LogP contribution in [0.3, 0.4) is 0 Å². The van der Waals surface area contributed by atoms with Crippen LogP contribution in [0.1, 0.15) is 31.4 Å². The predicted octanol–water partition coefficient (Wildman–Crippen LogP) is -0.176. The van der Waals surface area contributed by atoms with Gasteiger partial charge in [0.2, 0.25) is 5.60 Å². The number of hydrogen-bond acceptors (Lipinski definition) is 14. The number of carboxylic acids is 2. The molecule has 0 spiro atoms. The van der Waals surface area contributed by atoms with E-state index in [9.17, 15) is 29.4 Å². The molecule has 2 amide bonds. The van der Waals surface area contributed by atoms with Crippen molar-refractivity contribution in [3.05, 3.63) is 34.7 Å². The van der Waals surface area contributed by atoms with Crippen LogP contribution < -0.4 is 21.4 Å². The van der Waals surface area contributed by atoms with Gasteiger partial charge in [-0.3, -0.25) is 14.5 Å². The Labute approximate surface area is 266 Å². The topological polar surface area (TPSA) is 245 Å². The number of aromatic nitrogens is 5. The van der Waals surface area contributed by atoms with E-state index in [1.165, 1.54) is 28.9 Å². The van der Waals surface area contributed by atoms with E-state index in [4.69, 9.17) is 16.3 Å². The fraction of sp³-hybridized carbons (Fsp3) is 0.400. The van der Waals surface area contributed by atoms with Gasteiger partial charge < -0.3 is 31.8 Å². The van der Waals surface area contributed by atoms with Crippen molar-refractivity contribution >= 4 is 80.9 Å². The number of hydrogen-bond donors (Lipinski definition) is 5. The second kappa shape index (κ2) is 11.8. The molecule has 2 atom stereocenters. The lowest BCUT2D eigenvalue weighted by Crippen LogP contribution is -2.71. The Bertz CT molecular complexity index is 1800. The van der Waals surface area contributed by atoms with Gasteiger partial charge >= 0.3 is 11.9 Å². The standard InChI is InChI=1S/C25H26N10O7S3/c1-33-10-28-35-14(33)6-13(26)30-24(35)45-8-11-7-43-20-16(19(37)34(20)17(11)21(38)39)31-18(36)15(12-9-44-23(27)29-12)32-42-25(22(40)41)4-2-3-5-25/h6,9-10,16,20,26H,2-5,7-8H2,1H3,(H5,27,29,31,36,38,39,40,41)/p+1/b32-15-/t16?,20-/m1/s1. The maximum Gasteiger partial charge on any atom is 0.352 e. The predicted molar refractivity (Wildman–Crippen MR) is 162 cm³/mol. The van der Waals surface area contributed by atoms with Gasteiger partial charge in [0, 0.05) is 34.8 Å². The van der Waals surface area contributed by atoms with Crippen molar-refractivity contribution in [2.75, 3.05) is 23.0 Å². The van der Waals surface area contributed by atoms with E-state index >= 15 is 0 Å². The van der Waals surface area contributed by atoms with Gasteiger partial charge in [-0.2, -0.15) is 4.98 Å². The average molecular weight is 676 g/mol. The molecule has 3 aromatic heterocycles. The molecule has 7 N–H and O–H groups in total. The number of nitrogens with one attached hydrogen (secondary N) is 1. The molecule has 1 saturated carbocycles. The van der Waals surface area contributed by atoms with Gasteiger partial charge in [-0.15, -0.1) is 23.1 Å². The Kier molecular flexibility index (Phi) is 8.04. The minimum absolute atomic E-state index is 0.0499. The number of nitrogen functional groups attached to an aromatic ring is 2. The number of thiazole rings is 1. The molecule has 3 aliphatic rings. The second-order valence-corrected chi connectivity index (χ2v) is 13.4. The summed E-state index contributed by atoms with van der Waals surface area (Å²) in [6.45, 7) is 0. The highest BCUT2D eigenvalue weighted by atomic mass is 32.2. The van der Waals surface area contributed by atoms with Gasteiger partial charge in [-0.25, -0.2) is 19.1 Å². The SMILES string of the molecule is C[n+]1cnn2c(SCC3=C(C(=O)O)N4C(=O)C(NC(=O)/C(=N\OC5(C(=O)O)CCCC5)c5csc(N)n5)[C@H]4SC3)nc(N)cc21. The summed E-state index contributed by atoms with van der Waals surface area (Å²) in [7, 11) is 1.81. The van der Waals surface area contributed by atoms with Crippen molar-refractivity contribution in [1.29, 1.82) is 0 Å². The van der Waals surface area contributed by atoms with Crippen molar-refractivity contribution in [2.24, 2.45) is 12.2 Å². The van der Waals surface area contributed by atoms with Gasteiger partial charge in [-0.05, 0) is 22.9 Å². The number of rotatable bonds is 10. The number of β-lactam (4-membered cyclic amide) rings is 1. The first kappa shape index (κ1) is 30.6. The summed E-state index contributed by atoms with van der Waals surface area (Å²) in [6, 6.07) is 0.587. The Morgan fingerprint density at radius 3 is 2.69 bits per heavy atom. The zero-order valence-corrected chi connectivity index (χ0v) is 26.0. The van der Waals surface area contributed by atoms with Crippen LogP contribution in [0.4, 0.5) is 10.9 Å². The summed E-state index contributed by atoms with van der Waals surface area (Å²) in [5.41, 5.74) is 10.9. The Hall–Kier alpha value is -4.43. The van der Waals surface area contributed by atoms with E-state index in [1.807, 2.05) is 0 Å². The van der Waals surface area contributed by atoms with E-state index in [0.29, 0.717) is 29.2 Å². The molecule has 45 heavy (non-hydrogen) atoms. The smallest absolute Gasteiger partial charge is 0.352 e. The first-order valence-electron chi connectivity index (χ1n) is 13.5. The first-order chi connectivity index (χ1) is 21.5. The Balaban J connectivity index is 1.20. The minimum atomic E-state index is -1.58. The number of carbonyl (C=O) groups excluding carboxylic acids is 2. The summed E-state index contributed by atoms with van der Waals surface area (Å²) in [4.78, 5) is 66.1. The van der Waals surface area contributed by atoms with Gasteiger partial charge in [0.25, 0.3) is 28.9 Å². The molecule has 1 aliphatic carbocycles. The summed E-state index contributed by atoms with van der Waals surface area (Å²) >= 11 is 3.57. The molecule has 1 saturated heterocycles. The van der Waals surface area contributed by atoms with E-state index in [-0.39, 0.29) is 52.4 Å². The van der Waals surface area contributed by atoms with Crippen molar-refractivity contribution in [3.63, 3.8) is 0 Å². The molecular formula is C25H27N10O7S3+.